The molecular weight excluding hydrogens is 370 g/mol. The summed E-state index contributed by atoms with van der Waals surface area (Å²) >= 11 is 6.15. The number of rotatable bonds is 6. The van der Waals surface area contributed by atoms with Crippen LogP contribution < -0.4 is 20.2 Å². The number of halogens is 1. The number of hydrogen-bond donors (Lipinski definition) is 2. The van der Waals surface area contributed by atoms with Crippen LogP contribution in [0.4, 0.5) is 5.69 Å². The van der Waals surface area contributed by atoms with Gasteiger partial charge in [0.2, 0.25) is 0 Å². The van der Waals surface area contributed by atoms with Gasteiger partial charge in [-0.15, -0.1) is 0 Å². The zero-order valence-corrected chi connectivity index (χ0v) is 16.0. The lowest BCUT2D eigenvalue weighted by Crippen LogP contribution is -2.32. The van der Waals surface area contributed by atoms with Gasteiger partial charge in [-0.2, -0.15) is 5.10 Å². The molecule has 2 aromatic carbocycles. The minimum Gasteiger partial charge on any atom is -0.491 e. The van der Waals surface area contributed by atoms with Crippen molar-refractivity contribution in [1.82, 2.24) is 5.43 Å². The number of carbonyl (C=O) groups excluding carboxylic acids is 2. The van der Waals surface area contributed by atoms with Gasteiger partial charge in [-0.1, -0.05) is 23.7 Å². The summed E-state index contributed by atoms with van der Waals surface area (Å²) in [4.78, 5) is 23.7. The topological polar surface area (TPSA) is 89.0 Å². The molecule has 0 unspecified atom stereocenters. The fraction of sp³-hybridized carbons (Fsp3) is 0.211. The van der Waals surface area contributed by atoms with Crippen LogP contribution in [-0.2, 0) is 9.59 Å². The summed E-state index contributed by atoms with van der Waals surface area (Å²) in [6.45, 7) is 4.15. The highest BCUT2D eigenvalue weighted by molar-refractivity contribution is 6.39. The summed E-state index contributed by atoms with van der Waals surface area (Å²) in [6.07, 6.45) is 1.35. The molecule has 0 saturated heterocycles. The Labute approximate surface area is 162 Å². The van der Waals surface area contributed by atoms with Gasteiger partial charge in [0.1, 0.15) is 0 Å². The molecule has 2 rings (SSSR count). The SMILES string of the molecule is CCOc1cc(/C=N\NC(=O)C(=O)Nc2cccc(C)c2)cc(Cl)c1OC. The molecule has 0 atom stereocenters. The van der Waals surface area contributed by atoms with Crippen LogP contribution in [0.2, 0.25) is 5.02 Å². The van der Waals surface area contributed by atoms with Crippen molar-refractivity contribution in [3.05, 3.63) is 52.5 Å². The van der Waals surface area contributed by atoms with Gasteiger partial charge in [-0.05, 0) is 49.2 Å². The van der Waals surface area contributed by atoms with E-state index in [1.165, 1.54) is 13.3 Å². The molecule has 2 amide bonds. The number of aryl methyl sites for hydroxylation is 1. The third-order valence-corrected chi connectivity index (χ3v) is 3.68. The number of methoxy groups -OCH3 is 1. The Bertz CT molecular complexity index is 868. The predicted octanol–water partition coefficient (Wildman–Crippen LogP) is 3.14. The van der Waals surface area contributed by atoms with E-state index in [1.54, 1.807) is 30.3 Å². The van der Waals surface area contributed by atoms with Gasteiger partial charge < -0.3 is 14.8 Å². The van der Waals surface area contributed by atoms with Crippen LogP contribution in [0.3, 0.4) is 0 Å². The third-order valence-electron chi connectivity index (χ3n) is 3.40. The number of nitrogens with one attached hydrogen (secondary N) is 2. The van der Waals surface area contributed by atoms with Gasteiger partial charge in [0.25, 0.3) is 0 Å². The maximum absolute atomic E-state index is 11.9. The van der Waals surface area contributed by atoms with Crippen LogP contribution in [0.5, 0.6) is 11.5 Å². The maximum atomic E-state index is 11.9. The van der Waals surface area contributed by atoms with Crippen LogP contribution >= 0.6 is 11.6 Å². The Balaban J connectivity index is 2.01. The summed E-state index contributed by atoms with van der Waals surface area (Å²) < 4.78 is 10.7. The normalized spacial score (nSPS) is 10.5. The average Bonchev–Trinajstić information content (AvgIpc) is 2.62. The molecule has 0 heterocycles. The van der Waals surface area contributed by atoms with Gasteiger partial charge in [0, 0.05) is 5.69 Å². The molecule has 0 saturated carbocycles. The van der Waals surface area contributed by atoms with E-state index in [0.29, 0.717) is 34.4 Å². The lowest BCUT2D eigenvalue weighted by Gasteiger charge is -2.11. The number of anilines is 1. The van der Waals surface area contributed by atoms with Crippen LogP contribution in [0, 0.1) is 6.92 Å². The van der Waals surface area contributed by atoms with Gasteiger partial charge in [-0.25, -0.2) is 5.43 Å². The second-order valence-corrected chi connectivity index (χ2v) is 5.90. The van der Waals surface area contributed by atoms with Gasteiger partial charge >= 0.3 is 11.8 Å². The minimum atomic E-state index is -0.891. The van der Waals surface area contributed by atoms with Crippen molar-refractivity contribution in [3.63, 3.8) is 0 Å². The molecule has 0 radical (unpaired) electrons. The monoisotopic (exact) mass is 389 g/mol. The smallest absolute Gasteiger partial charge is 0.329 e. The summed E-state index contributed by atoms with van der Waals surface area (Å²) in [5.74, 6) is -0.840. The molecule has 0 fully saturated rings. The number of ether oxygens (including phenoxy) is 2. The van der Waals surface area contributed by atoms with E-state index in [4.69, 9.17) is 21.1 Å². The summed E-state index contributed by atoms with van der Waals surface area (Å²) in [7, 11) is 1.49. The maximum Gasteiger partial charge on any atom is 0.329 e. The highest BCUT2D eigenvalue weighted by Gasteiger charge is 2.13. The minimum absolute atomic E-state index is 0.341. The molecule has 142 valence electrons. The number of amides is 2. The van der Waals surface area contributed by atoms with E-state index in [-0.39, 0.29) is 0 Å². The molecule has 0 aliphatic heterocycles. The molecule has 0 spiro atoms. The molecule has 8 heteroatoms. The highest BCUT2D eigenvalue weighted by atomic mass is 35.5. The summed E-state index contributed by atoms with van der Waals surface area (Å²) in [5, 5.41) is 6.62. The Morgan fingerprint density at radius 2 is 2.00 bits per heavy atom. The summed E-state index contributed by atoms with van der Waals surface area (Å²) in [5.41, 5.74) is 4.24. The number of nitrogens with zero attached hydrogens (tertiary/aromatic N) is 1. The number of hydrazone groups is 1. The van der Waals surface area contributed by atoms with E-state index < -0.39 is 11.8 Å². The first-order valence-electron chi connectivity index (χ1n) is 8.16. The van der Waals surface area contributed by atoms with E-state index in [9.17, 15) is 9.59 Å². The quantitative estimate of drug-likeness (QED) is 0.451. The molecule has 0 aliphatic rings. The highest BCUT2D eigenvalue weighted by Crippen LogP contribution is 2.35. The van der Waals surface area contributed by atoms with E-state index in [1.807, 2.05) is 19.9 Å². The molecule has 27 heavy (non-hydrogen) atoms. The third kappa shape index (κ3) is 5.72. The van der Waals surface area contributed by atoms with Gasteiger partial charge in [-0.3, -0.25) is 9.59 Å². The molecule has 0 aromatic heterocycles. The fourth-order valence-electron chi connectivity index (χ4n) is 2.25. The van der Waals surface area contributed by atoms with E-state index in [0.717, 1.165) is 5.56 Å². The number of benzene rings is 2. The number of hydrogen-bond acceptors (Lipinski definition) is 5. The first kappa shape index (κ1) is 20.3. The Morgan fingerprint density at radius 1 is 1.22 bits per heavy atom. The molecule has 7 nitrogen and oxygen atoms in total. The Hall–Kier alpha value is -3.06. The molecule has 2 aromatic rings. The van der Waals surface area contributed by atoms with Crippen LogP contribution in [0.1, 0.15) is 18.1 Å². The van der Waals surface area contributed by atoms with Crippen molar-refractivity contribution in [2.45, 2.75) is 13.8 Å². The van der Waals surface area contributed by atoms with Gasteiger partial charge in [0.05, 0.1) is 25.0 Å². The van der Waals surface area contributed by atoms with Crippen molar-refractivity contribution < 1.29 is 19.1 Å². The molecule has 2 N–H and O–H groups in total. The van der Waals surface area contributed by atoms with Crippen LogP contribution in [-0.4, -0.2) is 31.7 Å². The number of carbonyl (C=O) groups is 2. The van der Waals surface area contributed by atoms with Gasteiger partial charge in [0.15, 0.2) is 11.5 Å². The molecular formula is C19H20ClN3O4. The fourth-order valence-corrected chi connectivity index (χ4v) is 2.55. The lowest BCUT2D eigenvalue weighted by atomic mass is 10.2. The van der Waals surface area contributed by atoms with Crippen LogP contribution in [0.15, 0.2) is 41.5 Å². The van der Waals surface area contributed by atoms with Crippen LogP contribution in [0.25, 0.3) is 0 Å². The Morgan fingerprint density at radius 3 is 2.67 bits per heavy atom. The predicted molar refractivity (Wildman–Crippen MR) is 105 cm³/mol. The van der Waals surface area contributed by atoms with E-state index >= 15 is 0 Å². The van der Waals surface area contributed by atoms with Crippen molar-refractivity contribution in [2.75, 3.05) is 19.0 Å². The molecule has 0 aliphatic carbocycles. The Kier molecular flexibility index (Phi) is 7.19. The lowest BCUT2D eigenvalue weighted by molar-refractivity contribution is -0.136. The zero-order chi connectivity index (χ0) is 19.8. The first-order chi connectivity index (χ1) is 12.9. The second-order valence-electron chi connectivity index (χ2n) is 5.49. The largest absolute Gasteiger partial charge is 0.491 e. The second kappa shape index (κ2) is 9.59. The molecule has 0 bridgehead atoms. The standard InChI is InChI=1S/C19H20ClN3O4/c1-4-27-16-10-13(9-15(20)17(16)26-3)11-21-23-19(25)18(24)22-14-7-5-6-12(2)8-14/h5-11H,4H2,1-3H3,(H,22,24)(H,23,25)/b21-11-. The van der Waals surface area contributed by atoms with E-state index in [2.05, 4.69) is 15.8 Å². The van der Waals surface area contributed by atoms with Crippen molar-refractivity contribution in [2.24, 2.45) is 5.10 Å². The average molecular weight is 390 g/mol. The van der Waals surface area contributed by atoms with Crippen molar-refractivity contribution in [3.8, 4) is 11.5 Å². The van der Waals surface area contributed by atoms with Crippen molar-refractivity contribution >= 4 is 35.3 Å². The summed E-state index contributed by atoms with van der Waals surface area (Å²) in [6, 6.07) is 10.4. The first-order valence-corrected chi connectivity index (χ1v) is 8.53. The zero-order valence-electron chi connectivity index (χ0n) is 15.2. The van der Waals surface area contributed by atoms with Crippen molar-refractivity contribution in [1.29, 1.82) is 0 Å².